The Labute approximate surface area is 214 Å². The van der Waals surface area contributed by atoms with Gasteiger partial charge < -0.3 is 14.7 Å². The third-order valence-electron chi connectivity index (χ3n) is 5.44. The van der Waals surface area contributed by atoms with E-state index in [4.69, 9.17) is 14.7 Å². The lowest BCUT2D eigenvalue weighted by atomic mass is 10.1. The minimum atomic E-state index is -0.486. The molecule has 2 aliphatic heterocycles. The van der Waals surface area contributed by atoms with Crippen molar-refractivity contribution < 1.29 is 19.5 Å². The Kier molecular flexibility index (Phi) is 11.4. The number of carbonyl (C=O) groups is 1. The number of aliphatic hydroxyl groups excluding tert-OH is 1. The molecule has 1 saturated heterocycles. The summed E-state index contributed by atoms with van der Waals surface area (Å²) >= 11 is 0. The number of rotatable bonds is 6. The third kappa shape index (κ3) is 8.08. The van der Waals surface area contributed by atoms with Gasteiger partial charge in [-0.3, -0.25) is 4.79 Å². The Bertz CT molecular complexity index is 1080. The molecule has 2 aromatic rings. The highest BCUT2D eigenvalue weighted by Gasteiger charge is 2.23. The predicted molar refractivity (Wildman–Crippen MR) is 140 cm³/mol. The van der Waals surface area contributed by atoms with E-state index in [9.17, 15) is 10.1 Å². The first-order valence-corrected chi connectivity index (χ1v) is 12.3. The molecule has 0 saturated carbocycles. The summed E-state index contributed by atoms with van der Waals surface area (Å²) in [5, 5.41) is 16.3. The summed E-state index contributed by atoms with van der Waals surface area (Å²) in [6.07, 6.45) is 1.36. The standard InChI is InChI=1S/C19H19N3O2.C8H15NO.CH4O/c1-12(2)23-17-9-8-14(10-15(17)11-20)19-21-18(22-24-19)16-7-5-4-6-13(16)3;1-7(2)6-9-5-3-4-8(9)10;1-2/h4-10,12,19H,1-3H3,(H,21,22);7H,3-6H2,1-2H3;2H,1H3. The number of ether oxygens (including phenoxy) is 1. The summed E-state index contributed by atoms with van der Waals surface area (Å²) in [6.45, 7) is 12.1. The summed E-state index contributed by atoms with van der Waals surface area (Å²) < 4.78 is 5.65. The molecule has 0 aliphatic carbocycles. The first-order valence-electron chi connectivity index (χ1n) is 12.3. The van der Waals surface area contributed by atoms with E-state index >= 15 is 0 Å². The number of nitrogens with zero attached hydrogens (tertiary/aromatic N) is 3. The van der Waals surface area contributed by atoms with Crippen molar-refractivity contribution in [2.45, 2.75) is 59.8 Å². The maximum absolute atomic E-state index is 11.0. The molecule has 1 unspecified atom stereocenters. The van der Waals surface area contributed by atoms with E-state index in [0.717, 1.165) is 49.7 Å². The monoisotopic (exact) mass is 494 g/mol. The number of hydrogen-bond donors (Lipinski definition) is 2. The molecule has 8 nitrogen and oxygen atoms in total. The van der Waals surface area contributed by atoms with Gasteiger partial charge in [-0.1, -0.05) is 44.2 Å². The molecule has 0 aromatic heterocycles. The fraction of sp³-hybridized carbons (Fsp3) is 0.464. The Morgan fingerprint density at radius 3 is 2.53 bits per heavy atom. The molecule has 2 N–H and O–H groups in total. The van der Waals surface area contributed by atoms with E-state index in [1.165, 1.54) is 0 Å². The zero-order chi connectivity index (χ0) is 26.7. The first kappa shape index (κ1) is 28.8. The zero-order valence-electron chi connectivity index (χ0n) is 22.1. The van der Waals surface area contributed by atoms with Gasteiger partial charge in [-0.15, -0.1) is 0 Å². The van der Waals surface area contributed by atoms with Gasteiger partial charge in [-0.25, -0.2) is 15.3 Å². The quantitative estimate of drug-likeness (QED) is 0.612. The number of amidine groups is 1. The van der Waals surface area contributed by atoms with Crippen molar-refractivity contribution in [3.63, 3.8) is 0 Å². The minimum Gasteiger partial charge on any atom is -0.490 e. The van der Waals surface area contributed by atoms with Crippen LogP contribution in [0.2, 0.25) is 0 Å². The molecule has 0 spiro atoms. The molecule has 1 amide bonds. The second kappa shape index (κ2) is 14.2. The molecule has 1 fully saturated rings. The average molecular weight is 495 g/mol. The van der Waals surface area contributed by atoms with E-state index in [2.05, 4.69) is 30.4 Å². The van der Waals surface area contributed by atoms with Crippen LogP contribution in [-0.2, 0) is 9.63 Å². The van der Waals surface area contributed by atoms with Crippen molar-refractivity contribution in [1.29, 1.82) is 5.26 Å². The van der Waals surface area contributed by atoms with Gasteiger partial charge in [0, 0.05) is 37.7 Å². The van der Waals surface area contributed by atoms with Crippen LogP contribution >= 0.6 is 0 Å². The molecule has 2 heterocycles. The van der Waals surface area contributed by atoms with Crippen LogP contribution in [0.5, 0.6) is 5.75 Å². The number of aliphatic hydroxyl groups is 1. The summed E-state index contributed by atoms with van der Waals surface area (Å²) in [4.78, 5) is 23.2. The van der Waals surface area contributed by atoms with Crippen LogP contribution in [0.15, 0.2) is 47.5 Å². The Hall–Kier alpha value is -3.41. The van der Waals surface area contributed by atoms with Crippen molar-refractivity contribution in [3.8, 4) is 11.8 Å². The molecule has 0 radical (unpaired) electrons. The van der Waals surface area contributed by atoms with E-state index in [1.807, 2.05) is 56.0 Å². The molecule has 1 atom stereocenters. The topological polar surface area (TPSA) is 107 Å². The lowest BCUT2D eigenvalue weighted by Crippen LogP contribution is -2.28. The number of likely N-dealkylation sites (tertiary alicyclic amines) is 1. The first-order chi connectivity index (χ1) is 17.3. The average Bonchev–Trinajstić information content (AvgIpc) is 3.50. The SMILES string of the molecule is CC(C)CN1CCCC1=O.CO.Cc1ccccc1C1=NC(c2ccc(OC(C)C)c(C#N)c2)ON1. The van der Waals surface area contributed by atoms with E-state index in [-0.39, 0.29) is 6.10 Å². The lowest BCUT2D eigenvalue weighted by molar-refractivity contribution is -0.128. The number of hydrogen-bond acceptors (Lipinski definition) is 7. The van der Waals surface area contributed by atoms with Crippen molar-refractivity contribution in [1.82, 2.24) is 10.4 Å². The number of nitriles is 1. The maximum Gasteiger partial charge on any atom is 0.222 e. The molecule has 194 valence electrons. The lowest BCUT2D eigenvalue weighted by Gasteiger charge is -2.17. The smallest absolute Gasteiger partial charge is 0.222 e. The summed E-state index contributed by atoms with van der Waals surface area (Å²) in [6, 6.07) is 15.6. The van der Waals surface area contributed by atoms with Gasteiger partial charge in [0.15, 0.2) is 5.84 Å². The van der Waals surface area contributed by atoms with Crippen molar-refractivity contribution in [2.24, 2.45) is 10.9 Å². The number of aryl methyl sites for hydroxylation is 1. The summed E-state index contributed by atoms with van der Waals surface area (Å²) in [5.74, 6) is 2.22. The molecule has 0 bridgehead atoms. The van der Waals surface area contributed by atoms with Gasteiger partial charge >= 0.3 is 0 Å². The van der Waals surface area contributed by atoms with E-state index in [0.29, 0.717) is 29.0 Å². The van der Waals surface area contributed by atoms with Gasteiger partial charge in [0.2, 0.25) is 12.1 Å². The van der Waals surface area contributed by atoms with Crippen LogP contribution < -0.4 is 10.2 Å². The number of amides is 1. The van der Waals surface area contributed by atoms with Crippen LogP contribution in [0.1, 0.15) is 69.0 Å². The molecular weight excluding hydrogens is 456 g/mol. The van der Waals surface area contributed by atoms with E-state index < -0.39 is 6.23 Å². The Morgan fingerprint density at radius 2 is 1.94 bits per heavy atom. The van der Waals surface area contributed by atoms with E-state index in [1.54, 1.807) is 12.1 Å². The largest absolute Gasteiger partial charge is 0.490 e. The van der Waals surface area contributed by atoms with Gasteiger partial charge in [0.1, 0.15) is 11.8 Å². The van der Waals surface area contributed by atoms with Crippen LogP contribution in [-0.4, -0.2) is 48.1 Å². The van der Waals surface area contributed by atoms with Crippen molar-refractivity contribution in [3.05, 3.63) is 64.7 Å². The highest BCUT2D eigenvalue weighted by Crippen LogP contribution is 2.28. The zero-order valence-corrected chi connectivity index (χ0v) is 22.1. The van der Waals surface area contributed by atoms with Crippen LogP contribution in [0.4, 0.5) is 0 Å². The fourth-order valence-electron chi connectivity index (χ4n) is 3.87. The van der Waals surface area contributed by atoms with Gasteiger partial charge in [0.25, 0.3) is 0 Å². The number of carbonyl (C=O) groups excluding carboxylic acids is 1. The number of nitrogens with one attached hydrogen (secondary N) is 1. The number of hydroxylamine groups is 1. The molecule has 8 heteroatoms. The predicted octanol–water partition coefficient (Wildman–Crippen LogP) is 4.51. The highest BCUT2D eigenvalue weighted by molar-refractivity contribution is 6.00. The summed E-state index contributed by atoms with van der Waals surface area (Å²) in [5.41, 5.74) is 6.28. The number of aliphatic imine (C=N–C) groups is 1. The second-order valence-corrected chi connectivity index (χ2v) is 9.24. The fourth-order valence-corrected chi connectivity index (χ4v) is 3.87. The van der Waals surface area contributed by atoms with Crippen LogP contribution in [0.3, 0.4) is 0 Å². The van der Waals surface area contributed by atoms with Crippen molar-refractivity contribution in [2.75, 3.05) is 20.2 Å². The molecular formula is C28H38N4O4. The van der Waals surface area contributed by atoms with Gasteiger partial charge in [-0.05, 0) is 50.8 Å². The third-order valence-corrected chi connectivity index (χ3v) is 5.44. The van der Waals surface area contributed by atoms with Gasteiger partial charge in [-0.2, -0.15) is 5.26 Å². The normalized spacial score (nSPS) is 16.4. The minimum absolute atomic E-state index is 0.0121. The Balaban J connectivity index is 0.000000318. The summed E-state index contributed by atoms with van der Waals surface area (Å²) in [7, 11) is 1.00. The molecule has 2 aromatic carbocycles. The molecule has 36 heavy (non-hydrogen) atoms. The number of benzene rings is 2. The maximum atomic E-state index is 11.0. The van der Waals surface area contributed by atoms with Gasteiger partial charge in [0.05, 0.1) is 11.7 Å². The second-order valence-electron chi connectivity index (χ2n) is 9.24. The van der Waals surface area contributed by atoms with Crippen LogP contribution in [0.25, 0.3) is 0 Å². The molecule has 2 aliphatic rings. The molecule has 4 rings (SSSR count). The highest BCUT2D eigenvalue weighted by atomic mass is 16.7. The van der Waals surface area contributed by atoms with Crippen LogP contribution in [0, 0.1) is 24.2 Å². The van der Waals surface area contributed by atoms with Crippen molar-refractivity contribution >= 4 is 11.7 Å². The Morgan fingerprint density at radius 1 is 1.22 bits per heavy atom.